The first kappa shape index (κ1) is 22.0. The maximum atomic E-state index is 13.3. The van der Waals surface area contributed by atoms with Gasteiger partial charge in [-0.1, -0.05) is 41.6 Å². The van der Waals surface area contributed by atoms with Crippen molar-refractivity contribution in [3.8, 4) is 5.69 Å². The number of thioether (sulfide) groups is 1. The molecule has 0 atom stereocenters. The number of ketones is 1. The Hall–Kier alpha value is -3.23. The summed E-state index contributed by atoms with van der Waals surface area (Å²) >= 11 is 2.60. The molecule has 0 fully saturated rings. The number of hydrogen-bond donors (Lipinski definition) is 1. The minimum absolute atomic E-state index is 0.0491. The van der Waals surface area contributed by atoms with Crippen LogP contribution in [0.4, 0.5) is 0 Å². The van der Waals surface area contributed by atoms with E-state index in [4.69, 9.17) is 0 Å². The van der Waals surface area contributed by atoms with Crippen molar-refractivity contribution in [3.63, 3.8) is 0 Å². The van der Waals surface area contributed by atoms with E-state index >= 15 is 0 Å². The fourth-order valence-corrected chi connectivity index (χ4v) is 5.04. The highest BCUT2D eigenvalue weighted by Gasteiger charge is 2.16. The van der Waals surface area contributed by atoms with Crippen LogP contribution >= 0.6 is 23.1 Å². The fourth-order valence-electron chi connectivity index (χ4n) is 3.17. The summed E-state index contributed by atoms with van der Waals surface area (Å²) in [7, 11) is 0. The molecule has 2 aromatic heterocycles. The van der Waals surface area contributed by atoms with Crippen LogP contribution in [0.15, 0.2) is 70.6 Å². The zero-order valence-corrected chi connectivity index (χ0v) is 19.3. The maximum absolute atomic E-state index is 13.3. The molecule has 4 rings (SSSR count). The second kappa shape index (κ2) is 9.50. The molecule has 0 radical (unpaired) electrons. The highest BCUT2D eigenvalue weighted by Crippen LogP contribution is 2.24. The molecule has 0 aliphatic rings. The first-order valence-corrected chi connectivity index (χ1v) is 11.8. The topological polar surface area (TPSA) is 81.1 Å². The van der Waals surface area contributed by atoms with E-state index in [1.807, 2.05) is 49.4 Å². The van der Waals surface area contributed by atoms with Crippen LogP contribution in [0, 0.1) is 6.92 Å². The molecule has 0 saturated heterocycles. The molecule has 0 aliphatic carbocycles. The first-order valence-electron chi connectivity index (χ1n) is 10.0. The summed E-state index contributed by atoms with van der Waals surface area (Å²) in [5.74, 6) is -0.0123. The van der Waals surface area contributed by atoms with Crippen LogP contribution in [0.5, 0.6) is 0 Å². The Morgan fingerprint density at radius 3 is 2.56 bits per heavy atom. The fraction of sp³-hybridized carbons (Fsp3) is 0.167. The van der Waals surface area contributed by atoms with Crippen molar-refractivity contribution in [2.45, 2.75) is 25.5 Å². The SMILES string of the molecule is CC(=O)NCc1ccc(C(=O)CSc2nc3ccccc3c(=O)n2-c2ccc(C)cc2)s1. The largest absolute Gasteiger partial charge is 0.351 e. The van der Waals surface area contributed by atoms with Crippen LogP contribution in [0.2, 0.25) is 0 Å². The lowest BCUT2D eigenvalue weighted by atomic mass is 10.2. The highest BCUT2D eigenvalue weighted by molar-refractivity contribution is 7.99. The smallest absolute Gasteiger partial charge is 0.266 e. The highest BCUT2D eigenvalue weighted by atomic mass is 32.2. The van der Waals surface area contributed by atoms with Crippen LogP contribution in [0.25, 0.3) is 16.6 Å². The van der Waals surface area contributed by atoms with Crippen LogP contribution in [-0.4, -0.2) is 27.0 Å². The van der Waals surface area contributed by atoms with E-state index in [1.165, 1.54) is 30.0 Å². The number of carbonyl (C=O) groups is 2. The van der Waals surface area contributed by atoms with Gasteiger partial charge in [-0.2, -0.15) is 0 Å². The van der Waals surface area contributed by atoms with Gasteiger partial charge in [0.05, 0.1) is 33.8 Å². The number of benzene rings is 2. The molecule has 0 unspecified atom stereocenters. The molecule has 1 N–H and O–H groups in total. The molecule has 4 aromatic rings. The third kappa shape index (κ3) is 4.81. The predicted molar refractivity (Wildman–Crippen MR) is 129 cm³/mol. The molecular formula is C24H21N3O3S2. The lowest BCUT2D eigenvalue weighted by Gasteiger charge is -2.13. The zero-order valence-electron chi connectivity index (χ0n) is 17.6. The number of nitrogens with one attached hydrogen (secondary N) is 1. The average Bonchev–Trinajstić information content (AvgIpc) is 3.26. The van der Waals surface area contributed by atoms with Gasteiger partial charge >= 0.3 is 0 Å². The average molecular weight is 464 g/mol. The van der Waals surface area contributed by atoms with E-state index in [2.05, 4.69) is 10.3 Å². The molecule has 0 bridgehead atoms. The van der Waals surface area contributed by atoms with Gasteiger partial charge in [0.1, 0.15) is 0 Å². The summed E-state index contributed by atoms with van der Waals surface area (Å²) < 4.78 is 1.57. The van der Waals surface area contributed by atoms with Crippen molar-refractivity contribution in [1.29, 1.82) is 0 Å². The van der Waals surface area contributed by atoms with E-state index in [0.717, 1.165) is 10.4 Å². The Labute approximate surface area is 193 Å². The van der Waals surface area contributed by atoms with Gasteiger partial charge in [0.2, 0.25) is 5.91 Å². The molecule has 1 amide bonds. The summed E-state index contributed by atoms with van der Waals surface area (Å²) in [6.07, 6.45) is 0. The minimum atomic E-state index is -0.164. The molecule has 2 heterocycles. The van der Waals surface area contributed by atoms with E-state index in [9.17, 15) is 14.4 Å². The van der Waals surface area contributed by atoms with E-state index in [1.54, 1.807) is 22.8 Å². The normalized spacial score (nSPS) is 10.9. The minimum Gasteiger partial charge on any atom is -0.351 e. The van der Waals surface area contributed by atoms with Gasteiger partial charge in [-0.3, -0.25) is 19.0 Å². The van der Waals surface area contributed by atoms with Gasteiger partial charge in [-0.15, -0.1) is 11.3 Å². The van der Waals surface area contributed by atoms with Gasteiger partial charge in [-0.05, 0) is 43.3 Å². The molecule has 0 saturated carbocycles. The Balaban J connectivity index is 1.63. The number of rotatable bonds is 7. The first-order chi connectivity index (χ1) is 15.4. The second-order valence-electron chi connectivity index (χ2n) is 7.28. The molecule has 162 valence electrons. The van der Waals surface area contributed by atoms with E-state index < -0.39 is 0 Å². The lowest BCUT2D eigenvalue weighted by Crippen LogP contribution is -2.22. The van der Waals surface area contributed by atoms with Crippen LogP contribution < -0.4 is 10.9 Å². The van der Waals surface area contributed by atoms with Crippen LogP contribution in [0.1, 0.15) is 27.0 Å². The Morgan fingerprint density at radius 1 is 1.06 bits per heavy atom. The summed E-state index contributed by atoms with van der Waals surface area (Å²) in [6, 6.07) is 18.5. The van der Waals surface area contributed by atoms with Gasteiger partial charge in [0.15, 0.2) is 10.9 Å². The number of thiophene rings is 1. The molecular weight excluding hydrogens is 442 g/mol. The van der Waals surface area contributed by atoms with E-state index in [0.29, 0.717) is 33.2 Å². The Bertz CT molecular complexity index is 1360. The van der Waals surface area contributed by atoms with Crippen molar-refractivity contribution in [2.24, 2.45) is 0 Å². The maximum Gasteiger partial charge on any atom is 0.266 e. The molecule has 6 nitrogen and oxygen atoms in total. The van der Waals surface area contributed by atoms with Crippen molar-refractivity contribution < 1.29 is 9.59 Å². The van der Waals surface area contributed by atoms with Crippen LogP contribution in [0.3, 0.4) is 0 Å². The van der Waals surface area contributed by atoms with Gasteiger partial charge < -0.3 is 5.32 Å². The number of hydrogen-bond acceptors (Lipinski definition) is 6. The number of para-hydroxylation sites is 1. The summed E-state index contributed by atoms with van der Waals surface area (Å²) in [5, 5.41) is 3.74. The van der Waals surface area contributed by atoms with Gasteiger partial charge in [-0.25, -0.2) is 4.98 Å². The van der Waals surface area contributed by atoms with Crippen LogP contribution in [-0.2, 0) is 11.3 Å². The standard InChI is InChI=1S/C24H21N3O3S2/c1-15-7-9-17(10-8-15)27-23(30)19-5-3-4-6-20(19)26-24(27)31-14-21(29)22-12-11-18(32-22)13-25-16(2)28/h3-12H,13-14H2,1-2H3,(H,25,28). The van der Waals surface area contributed by atoms with Crippen molar-refractivity contribution in [3.05, 3.63) is 86.3 Å². The number of fused-ring (bicyclic) bond motifs is 1. The summed E-state index contributed by atoms with van der Waals surface area (Å²) in [6.45, 7) is 3.85. The number of amides is 1. The predicted octanol–water partition coefficient (Wildman–Crippen LogP) is 4.37. The Kier molecular flexibility index (Phi) is 6.53. The van der Waals surface area contributed by atoms with Gasteiger partial charge in [0, 0.05) is 11.8 Å². The number of Topliss-reactive ketones (excluding diaryl/α,β-unsaturated/α-hetero) is 1. The number of aryl methyl sites for hydroxylation is 1. The lowest BCUT2D eigenvalue weighted by molar-refractivity contribution is -0.119. The molecule has 0 aliphatic heterocycles. The van der Waals surface area contributed by atoms with Crippen molar-refractivity contribution in [1.82, 2.24) is 14.9 Å². The molecule has 8 heteroatoms. The van der Waals surface area contributed by atoms with E-state index in [-0.39, 0.29) is 23.0 Å². The van der Waals surface area contributed by atoms with Crippen molar-refractivity contribution in [2.75, 3.05) is 5.75 Å². The monoisotopic (exact) mass is 463 g/mol. The number of carbonyl (C=O) groups excluding carboxylic acids is 2. The molecule has 32 heavy (non-hydrogen) atoms. The molecule has 2 aromatic carbocycles. The number of aromatic nitrogens is 2. The number of nitrogens with zero attached hydrogens (tertiary/aromatic N) is 2. The summed E-state index contributed by atoms with van der Waals surface area (Å²) in [5.41, 5.74) is 2.24. The third-order valence-electron chi connectivity index (χ3n) is 4.82. The second-order valence-corrected chi connectivity index (χ2v) is 9.39. The molecule has 0 spiro atoms. The Morgan fingerprint density at radius 2 is 1.81 bits per heavy atom. The third-order valence-corrected chi connectivity index (χ3v) is 6.88. The zero-order chi connectivity index (χ0) is 22.7. The quantitative estimate of drug-likeness (QED) is 0.250. The summed E-state index contributed by atoms with van der Waals surface area (Å²) in [4.78, 5) is 43.4. The van der Waals surface area contributed by atoms with Crippen molar-refractivity contribution >= 4 is 45.7 Å². The van der Waals surface area contributed by atoms with Gasteiger partial charge in [0.25, 0.3) is 5.56 Å².